The van der Waals surface area contributed by atoms with Gasteiger partial charge in [-0.15, -0.1) is 0 Å². The van der Waals surface area contributed by atoms with Crippen LogP contribution in [0.5, 0.6) is 0 Å². The second-order valence-corrected chi connectivity index (χ2v) is 3.73. The van der Waals surface area contributed by atoms with Crippen molar-refractivity contribution in [2.75, 3.05) is 20.5 Å². The molecule has 0 rings (SSSR count). The van der Waals surface area contributed by atoms with Crippen molar-refractivity contribution in [1.82, 2.24) is 0 Å². The van der Waals surface area contributed by atoms with Crippen LogP contribution in [0.1, 0.15) is 6.92 Å². The highest BCUT2D eigenvalue weighted by molar-refractivity contribution is 5.86. The molecule has 0 saturated heterocycles. The third-order valence-corrected chi connectivity index (χ3v) is 2.09. The second-order valence-electron chi connectivity index (χ2n) is 3.73. The number of methoxy groups -OCH3 is 1. The molecule has 0 radical (unpaired) electrons. The second kappa shape index (κ2) is 6.44. The van der Waals surface area contributed by atoms with E-state index in [0.29, 0.717) is 0 Å². The highest BCUT2D eigenvalue weighted by Gasteiger charge is 2.73. The number of hydrogen-bond donors (Lipinski definition) is 0. The molecule has 0 bridgehead atoms. The van der Waals surface area contributed by atoms with Crippen LogP contribution < -0.4 is 0 Å². The summed E-state index contributed by atoms with van der Waals surface area (Å²) in [5.41, 5.74) is -5.02. The van der Waals surface area contributed by atoms with Crippen LogP contribution in [0, 0.1) is 0 Å². The maximum absolute atomic E-state index is 12.7. The molecule has 0 aromatic carbocycles. The van der Waals surface area contributed by atoms with Crippen LogP contribution in [-0.4, -0.2) is 44.4 Å². The zero-order chi connectivity index (χ0) is 16.2. The standard InChI is InChI=1S/C10H12F6O4/c1-6(2)7(17)19-4-8(9(11,12)13,10(14,15)16)20-5-18-3/h1,4-5H2,2-3H3. The Balaban J connectivity index is 5.41. The van der Waals surface area contributed by atoms with Crippen LogP contribution in [0.2, 0.25) is 0 Å². The van der Waals surface area contributed by atoms with Gasteiger partial charge in [0, 0.05) is 12.7 Å². The summed E-state index contributed by atoms with van der Waals surface area (Å²) in [7, 11) is 0.845. The molecule has 20 heavy (non-hydrogen) atoms. The minimum absolute atomic E-state index is 0.352. The Morgan fingerprint density at radius 3 is 1.85 bits per heavy atom. The molecule has 0 fully saturated rings. The molecule has 4 nitrogen and oxygen atoms in total. The molecular formula is C10H12F6O4. The third-order valence-electron chi connectivity index (χ3n) is 2.09. The Labute approximate surface area is 110 Å². The van der Waals surface area contributed by atoms with Crippen molar-refractivity contribution < 1.29 is 45.3 Å². The van der Waals surface area contributed by atoms with Gasteiger partial charge in [-0.1, -0.05) is 6.58 Å². The smallest absolute Gasteiger partial charge is 0.430 e. The maximum atomic E-state index is 12.7. The molecule has 0 aliphatic rings. The molecule has 0 aliphatic heterocycles. The predicted octanol–water partition coefficient (Wildman–Crippen LogP) is 2.59. The maximum Gasteiger partial charge on any atom is 0.430 e. The molecule has 118 valence electrons. The van der Waals surface area contributed by atoms with Gasteiger partial charge in [0.15, 0.2) is 0 Å². The largest absolute Gasteiger partial charge is 0.459 e. The molecule has 10 heteroatoms. The van der Waals surface area contributed by atoms with Gasteiger partial charge in [-0.05, 0) is 6.92 Å². The normalized spacial score (nSPS) is 13.2. The van der Waals surface area contributed by atoms with E-state index in [-0.39, 0.29) is 5.57 Å². The van der Waals surface area contributed by atoms with E-state index in [4.69, 9.17) is 0 Å². The van der Waals surface area contributed by atoms with Gasteiger partial charge in [0.25, 0.3) is 5.60 Å². The lowest BCUT2D eigenvalue weighted by atomic mass is 10.0. The van der Waals surface area contributed by atoms with Crippen LogP contribution in [0.4, 0.5) is 26.3 Å². The van der Waals surface area contributed by atoms with Gasteiger partial charge >= 0.3 is 18.3 Å². The van der Waals surface area contributed by atoms with E-state index in [2.05, 4.69) is 20.8 Å². The molecule has 0 aromatic rings. The zero-order valence-corrected chi connectivity index (χ0v) is 10.5. The molecule has 0 aromatic heterocycles. The summed E-state index contributed by atoms with van der Waals surface area (Å²) in [5, 5.41) is 0. The Morgan fingerprint density at radius 1 is 1.10 bits per heavy atom. The Kier molecular flexibility index (Phi) is 6.02. The number of halogens is 6. The van der Waals surface area contributed by atoms with Crippen molar-refractivity contribution in [2.24, 2.45) is 0 Å². The summed E-state index contributed by atoms with van der Waals surface area (Å²) >= 11 is 0. The molecule has 0 spiro atoms. The van der Waals surface area contributed by atoms with E-state index < -0.39 is 37.3 Å². The van der Waals surface area contributed by atoms with E-state index in [1.54, 1.807) is 0 Å². The van der Waals surface area contributed by atoms with Gasteiger partial charge in [-0.3, -0.25) is 0 Å². The number of carbonyl (C=O) groups is 1. The first-order chi connectivity index (χ1) is 8.89. The Hall–Kier alpha value is -1.29. The van der Waals surface area contributed by atoms with E-state index in [0.717, 1.165) is 14.0 Å². The molecule has 0 amide bonds. The molecule has 0 N–H and O–H groups in total. The Morgan fingerprint density at radius 2 is 1.55 bits per heavy atom. The molecule has 0 heterocycles. The average molecular weight is 310 g/mol. The summed E-state index contributed by atoms with van der Waals surface area (Å²) in [6.07, 6.45) is -11.7. The van der Waals surface area contributed by atoms with Crippen molar-refractivity contribution >= 4 is 5.97 Å². The van der Waals surface area contributed by atoms with Gasteiger partial charge < -0.3 is 14.2 Å². The lowest BCUT2D eigenvalue weighted by Crippen LogP contribution is -2.62. The highest BCUT2D eigenvalue weighted by atomic mass is 19.4. The fraction of sp³-hybridized carbons (Fsp3) is 0.700. The van der Waals surface area contributed by atoms with E-state index in [1.165, 1.54) is 0 Å². The van der Waals surface area contributed by atoms with E-state index in [9.17, 15) is 31.1 Å². The average Bonchev–Trinajstić information content (AvgIpc) is 2.25. The van der Waals surface area contributed by atoms with Gasteiger partial charge in [0.1, 0.15) is 13.4 Å². The summed E-state index contributed by atoms with van der Waals surface area (Å²) in [5.74, 6) is -1.40. The summed E-state index contributed by atoms with van der Waals surface area (Å²) in [6, 6.07) is 0. The lowest BCUT2D eigenvalue weighted by molar-refractivity contribution is -0.398. The van der Waals surface area contributed by atoms with Gasteiger partial charge in [-0.2, -0.15) is 26.3 Å². The summed E-state index contributed by atoms with van der Waals surface area (Å²) < 4.78 is 88.2. The van der Waals surface area contributed by atoms with Crippen LogP contribution in [0.3, 0.4) is 0 Å². The molecular weight excluding hydrogens is 298 g/mol. The molecule has 0 saturated carbocycles. The first-order valence-electron chi connectivity index (χ1n) is 4.98. The van der Waals surface area contributed by atoms with Crippen LogP contribution in [0.25, 0.3) is 0 Å². The number of rotatable bonds is 6. The van der Waals surface area contributed by atoms with Crippen molar-refractivity contribution in [1.29, 1.82) is 0 Å². The Bertz CT molecular complexity index is 346. The number of alkyl halides is 6. The fourth-order valence-electron chi connectivity index (χ4n) is 0.980. The van der Waals surface area contributed by atoms with Crippen molar-refractivity contribution in [3.05, 3.63) is 12.2 Å². The summed E-state index contributed by atoms with van der Waals surface area (Å²) in [6.45, 7) is 0.734. The van der Waals surface area contributed by atoms with Crippen LogP contribution in [0.15, 0.2) is 12.2 Å². The first-order valence-corrected chi connectivity index (χ1v) is 4.98. The molecule has 0 unspecified atom stereocenters. The van der Waals surface area contributed by atoms with Crippen LogP contribution >= 0.6 is 0 Å². The monoisotopic (exact) mass is 310 g/mol. The van der Waals surface area contributed by atoms with Gasteiger partial charge in [0.05, 0.1) is 0 Å². The fourth-order valence-corrected chi connectivity index (χ4v) is 0.980. The number of esters is 1. The SMILES string of the molecule is C=C(C)C(=O)OCC(OCOC)(C(F)(F)F)C(F)(F)F. The highest BCUT2D eigenvalue weighted by Crippen LogP contribution is 2.46. The van der Waals surface area contributed by atoms with Crippen LogP contribution in [-0.2, 0) is 19.0 Å². The number of ether oxygens (including phenoxy) is 3. The quantitative estimate of drug-likeness (QED) is 0.327. The number of carbonyl (C=O) groups excluding carboxylic acids is 1. The lowest BCUT2D eigenvalue weighted by Gasteiger charge is -2.35. The van der Waals surface area contributed by atoms with Gasteiger partial charge in [0.2, 0.25) is 0 Å². The van der Waals surface area contributed by atoms with E-state index >= 15 is 0 Å². The minimum Gasteiger partial charge on any atom is -0.459 e. The third kappa shape index (κ3) is 4.10. The minimum atomic E-state index is -5.86. The van der Waals surface area contributed by atoms with Gasteiger partial charge in [-0.25, -0.2) is 4.79 Å². The molecule has 0 atom stereocenters. The predicted molar refractivity (Wildman–Crippen MR) is 53.6 cm³/mol. The molecule has 0 aliphatic carbocycles. The topological polar surface area (TPSA) is 44.8 Å². The van der Waals surface area contributed by atoms with E-state index in [1.807, 2.05) is 0 Å². The van der Waals surface area contributed by atoms with Crippen molar-refractivity contribution in [3.8, 4) is 0 Å². The number of hydrogen-bond acceptors (Lipinski definition) is 4. The first kappa shape index (κ1) is 18.7. The summed E-state index contributed by atoms with van der Waals surface area (Å²) in [4.78, 5) is 11.0. The van der Waals surface area contributed by atoms with Crippen molar-refractivity contribution in [2.45, 2.75) is 24.9 Å². The van der Waals surface area contributed by atoms with Crippen molar-refractivity contribution in [3.63, 3.8) is 0 Å². The zero-order valence-electron chi connectivity index (χ0n) is 10.5.